The molecule has 1 aliphatic rings. The van der Waals surface area contributed by atoms with Crippen molar-refractivity contribution in [1.82, 2.24) is 5.32 Å². The molecular weight excluding hydrogens is 208 g/mol. The molecule has 1 fully saturated rings. The lowest BCUT2D eigenvalue weighted by atomic mass is 10.1. The predicted molar refractivity (Wildman–Crippen MR) is 65.7 cm³/mol. The second-order valence-electron chi connectivity index (χ2n) is 4.35. The minimum atomic E-state index is 0.535. The van der Waals surface area contributed by atoms with Crippen molar-refractivity contribution in [3.05, 3.63) is 29.3 Å². The van der Waals surface area contributed by atoms with Gasteiger partial charge in [0.25, 0.3) is 0 Å². The van der Waals surface area contributed by atoms with Gasteiger partial charge in [-0.2, -0.15) is 0 Å². The molecule has 82 valence electrons. The van der Waals surface area contributed by atoms with E-state index in [1.807, 2.05) is 18.2 Å². The number of rotatable bonds is 1. The van der Waals surface area contributed by atoms with E-state index in [1.54, 1.807) is 0 Å². The zero-order valence-corrected chi connectivity index (χ0v) is 9.96. The quantitative estimate of drug-likeness (QED) is 0.789. The lowest BCUT2D eigenvalue weighted by Crippen LogP contribution is -2.54. The van der Waals surface area contributed by atoms with Crippen LogP contribution in [0.2, 0.25) is 5.02 Å². The zero-order chi connectivity index (χ0) is 10.8. The van der Waals surface area contributed by atoms with Gasteiger partial charge in [-0.3, -0.25) is 0 Å². The van der Waals surface area contributed by atoms with Gasteiger partial charge in [0.2, 0.25) is 0 Å². The molecule has 0 bridgehead atoms. The maximum Gasteiger partial charge on any atom is 0.0426 e. The largest absolute Gasteiger partial charge is 0.368 e. The van der Waals surface area contributed by atoms with E-state index in [0.29, 0.717) is 12.1 Å². The number of hydrogen-bond donors (Lipinski definition) is 1. The van der Waals surface area contributed by atoms with Crippen LogP contribution in [0.5, 0.6) is 0 Å². The van der Waals surface area contributed by atoms with Crippen LogP contribution >= 0.6 is 11.6 Å². The number of halogens is 1. The van der Waals surface area contributed by atoms with Gasteiger partial charge >= 0.3 is 0 Å². The summed E-state index contributed by atoms with van der Waals surface area (Å²) in [5.74, 6) is 0. The molecule has 2 atom stereocenters. The third kappa shape index (κ3) is 2.64. The Kier molecular flexibility index (Phi) is 3.17. The van der Waals surface area contributed by atoms with Crippen LogP contribution in [0.15, 0.2) is 24.3 Å². The Bertz CT molecular complexity index is 330. The van der Waals surface area contributed by atoms with Crippen LogP contribution in [-0.4, -0.2) is 25.2 Å². The standard InChI is InChI=1S/C12H17ClN2/c1-9-7-15(8-10(2)14-9)12-5-3-4-11(13)6-12/h3-6,9-10,14H,7-8H2,1-2H3. The van der Waals surface area contributed by atoms with Crippen molar-refractivity contribution < 1.29 is 0 Å². The van der Waals surface area contributed by atoms with Gasteiger partial charge < -0.3 is 10.2 Å². The molecule has 2 rings (SSSR count). The highest BCUT2D eigenvalue weighted by Crippen LogP contribution is 2.21. The van der Waals surface area contributed by atoms with Crippen molar-refractivity contribution in [2.45, 2.75) is 25.9 Å². The third-order valence-electron chi connectivity index (χ3n) is 2.73. The van der Waals surface area contributed by atoms with Crippen molar-refractivity contribution in [2.75, 3.05) is 18.0 Å². The molecule has 1 aromatic carbocycles. The summed E-state index contributed by atoms with van der Waals surface area (Å²) in [6.07, 6.45) is 0. The van der Waals surface area contributed by atoms with Crippen LogP contribution < -0.4 is 10.2 Å². The highest BCUT2D eigenvalue weighted by molar-refractivity contribution is 6.30. The van der Waals surface area contributed by atoms with Gasteiger partial charge in [-0.25, -0.2) is 0 Å². The van der Waals surface area contributed by atoms with Crippen molar-refractivity contribution >= 4 is 17.3 Å². The lowest BCUT2D eigenvalue weighted by Gasteiger charge is -2.37. The molecule has 2 unspecified atom stereocenters. The number of hydrogen-bond acceptors (Lipinski definition) is 2. The van der Waals surface area contributed by atoms with Gasteiger partial charge in [0.1, 0.15) is 0 Å². The second-order valence-corrected chi connectivity index (χ2v) is 4.79. The van der Waals surface area contributed by atoms with Crippen LogP contribution in [0.3, 0.4) is 0 Å². The number of benzene rings is 1. The summed E-state index contributed by atoms with van der Waals surface area (Å²) in [7, 11) is 0. The third-order valence-corrected chi connectivity index (χ3v) is 2.97. The fourth-order valence-corrected chi connectivity index (χ4v) is 2.39. The number of piperazine rings is 1. The zero-order valence-electron chi connectivity index (χ0n) is 9.20. The van der Waals surface area contributed by atoms with E-state index in [-0.39, 0.29) is 0 Å². The van der Waals surface area contributed by atoms with Crippen LogP contribution in [0, 0.1) is 0 Å². The van der Waals surface area contributed by atoms with Gasteiger partial charge in [0.05, 0.1) is 0 Å². The van der Waals surface area contributed by atoms with E-state index < -0.39 is 0 Å². The first kappa shape index (κ1) is 10.8. The summed E-state index contributed by atoms with van der Waals surface area (Å²) in [6, 6.07) is 9.15. The Balaban J connectivity index is 2.16. The van der Waals surface area contributed by atoms with E-state index in [1.165, 1.54) is 5.69 Å². The normalized spacial score (nSPS) is 26.7. The minimum Gasteiger partial charge on any atom is -0.368 e. The van der Waals surface area contributed by atoms with Crippen LogP contribution in [0.25, 0.3) is 0 Å². The van der Waals surface area contributed by atoms with Gasteiger partial charge in [0, 0.05) is 35.9 Å². The Morgan fingerprint density at radius 2 is 1.93 bits per heavy atom. The average molecular weight is 225 g/mol. The molecule has 3 heteroatoms. The first-order valence-electron chi connectivity index (χ1n) is 5.41. The van der Waals surface area contributed by atoms with E-state index in [2.05, 4.69) is 30.1 Å². The topological polar surface area (TPSA) is 15.3 Å². The monoisotopic (exact) mass is 224 g/mol. The Hall–Kier alpha value is -0.730. The molecule has 0 aromatic heterocycles. The maximum absolute atomic E-state index is 5.99. The molecule has 1 aromatic rings. The van der Waals surface area contributed by atoms with Gasteiger partial charge in [0.15, 0.2) is 0 Å². The fourth-order valence-electron chi connectivity index (χ4n) is 2.21. The molecule has 0 spiro atoms. The number of nitrogens with zero attached hydrogens (tertiary/aromatic N) is 1. The summed E-state index contributed by atoms with van der Waals surface area (Å²) >= 11 is 5.99. The molecule has 0 radical (unpaired) electrons. The Morgan fingerprint density at radius 3 is 2.53 bits per heavy atom. The summed E-state index contributed by atoms with van der Waals surface area (Å²) in [4.78, 5) is 2.39. The molecule has 0 saturated carbocycles. The van der Waals surface area contributed by atoms with Gasteiger partial charge in [-0.15, -0.1) is 0 Å². The first-order valence-corrected chi connectivity index (χ1v) is 5.79. The average Bonchev–Trinajstić information content (AvgIpc) is 2.16. The summed E-state index contributed by atoms with van der Waals surface area (Å²) in [5, 5.41) is 4.33. The summed E-state index contributed by atoms with van der Waals surface area (Å²) in [5.41, 5.74) is 1.22. The van der Waals surface area contributed by atoms with Crippen LogP contribution in [0.4, 0.5) is 5.69 Å². The predicted octanol–water partition coefficient (Wildman–Crippen LogP) is 2.53. The Morgan fingerprint density at radius 1 is 1.27 bits per heavy atom. The van der Waals surface area contributed by atoms with E-state index in [4.69, 9.17) is 11.6 Å². The Labute approximate surface area is 96.2 Å². The van der Waals surface area contributed by atoms with Gasteiger partial charge in [-0.1, -0.05) is 17.7 Å². The molecule has 15 heavy (non-hydrogen) atoms. The van der Waals surface area contributed by atoms with Crippen molar-refractivity contribution in [3.8, 4) is 0 Å². The highest BCUT2D eigenvalue weighted by Gasteiger charge is 2.20. The van der Waals surface area contributed by atoms with Crippen molar-refractivity contribution in [1.29, 1.82) is 0 Å². The van der Waals surface area contributed by atoms with Crippen LogP contribution in [0.1, 0.15) is 13.8 Å². The van der Waals surface area contributed by atoms with Crippen LogP contribution in [-0.2, 0) is 0 Å². The molecule has 2 nitrogen and oxygen atoms in total. The fraction of sp³-hybridized carbons (Fsp3) is 0.500. The summed E-state index contributed by atoms with van der Waals surface area (Å²) < 4.78 is 0. The number of anilines is 1. The van der Waals surface area contributed by atoms with E-state index >= 15 is 0 Å². The molecule has 1 saturated heterocycles. The molecule has 1 heterocycles. The molecule has 0 amide bonds. The summed E-state index contributed by atoms with van der Waals surface area (Å²) in [6.45, 7) is 6.52. The van der Waals surface area contributed by atoms with Crippen molar-refractivity contribution in [2.24, 2.45) is 0 Å². The van der Waals surface area contributed by atoms with E-state index in [9.17, 15) is 0 Å². The second kappa shape index (κ2) is 4.42. The maximum atomic E-state index is 5.99. The minimum absolute atomic E-state index is 0.535. The lowest BCUT2D eigenvalue weighted by molar-refractivity contribution is 0.407. The SMILES string of the molecule is CC1CN(c2cccc(Cl)c2)CC(C)N1. The van der Waals surface area contributed by atoms with Gasteiger partial charge in [-0.05, 0) is 32.0 Å². The first-order chi connectivity index (χ1) is 7.15. The van der Waals surface area contributed by atoms with Crippen molar-refractivity contribution in [3.63, 3.8) is 0 Å². The highest BCUT2D eigenvalue weighted by atomic mass is 35.5. The number of nitrogens with one attached hydrogen (secondary N) is 1. The molecule has 1 N–H and O–H groups in total. The molecular formula is C12H17ClN2. The van der Waals surface area contributed by atoms with E-state index in [0.717, 1.165) is 18.1 Å². The smallest absolute Gasteiger partial charge is 0.0426 e. The molecule has 0 aliphatic carbocycles. The molecule has 1 aliphatic heterocycles.